The van der Waals surface area contributed by atoms with Crippen LogP contribution in [-0.4, -0.2) is 37.6 Å². The SMILES string of the molecule is CCOC(=O)C1=NC(C)c2cc(CC)n(Cc3ccc(-c4ccccc4N(C(=O)c4ccccc4)S(=O)O)cc3)c2N1. The van der Waals surface area contributed by atoms with E-state index in [0.29, 0.717) is 23.4 Å². The topological polar surface area (TPSA) is 113 Å². The number of nitrogens with zero attached hydrogens (tertiary/aromatic N) is 3. The lowest BCUT2D eigenvalue weighted by atomic mass is 10.0. The van der Waals surface area contributed by atoms with Crippen molar-refractivity contribution in [3.05, 3.63) is 107 Å². The summed E-state index contributed by atoms with van der Waals surface area (Å²) in [5.74, 6) is -0.0288. The molecule has 1 aromatic heterocycles. The van der Waals surface area contributed by atoms with Gasteiger partial charge in [-0.05, 0) is 55.7 Å². The standard InChI is InChI=1S/C32H32N4O5S/c1-4-25-19-27-21(3)33-29(32(38)41-5-2)34-30(27)35(25)20-22-15-17-23(18-16-22)26-13-9-10-14-28(26)36(42(39)40)31(37)24-11-7-6-8-12-24/h6-19,21H,4-5,20H2,1-3H3,(H,33,34)(H,39,40). The Morgan fingerprint density at radius 2 is 1.71 bits per heavy atom. The van der Waals surface area contributed by atoms with Gasteiger partial charge in [0.05, 0.1) is 18.3 Å². The molecule has 2 N–H and O–H groups in total. The zero-order chi connectivity index (χ0) is 29.8. The Morgan fingerprint density at radius 3 is 2.38 bits per heavy atom. The molecule has 0 bridgehead atoms. The molecular weight excluding hydrogens is 552 g/mol. The van der Waals surface area contributed by atoms with E-state index in [9.17, 15) is 18.4 Å². The van der Waals surface area contributed by atoms with Gasteiger partial charge < -0.3 is 14.6 Å². The maximum absolute atomic E-state index is 13.2. The number of anilines is 2. The lowest BCUT2D eigenvalue weighted by Gasteiger charge is -2.22. The fraction of sp³-hybridized carbons (Fsp3) is 0.219. The van der Waals surface area contributed by atoms with Crippen LogP contribution in [0.4, 0.5) is 11.5 Å². The summed E-state index contributed by atoms with van der Waals surface area (Å²) in [6.07, 6.45) is 0.797. The highest BCUT2D eigenvalue weighted by atomic mass is 32.2. The van der Waals surface area contributed by atoms with Crippen molar-refractivity contribution >= 4 is 40.5 Å². The van der Waals surface area contributed by atoms with Gasteiger partial charge in [0.25, 0.3) is 17.2 Å². The normalized spacial score (nSPS) is 14.8. The number of esters is 1. The number of amides is 1. The third kappa shape index (κ3) is 5.77. The van der Waals surface area contributed by atoms with Crippen LogP contribution in [0.3, 0.4) is 0 Å². The number of ether oxygens (including phenoxy) is 1. The van der Waals surface area contributed by atoms with Gasteiger partial charge in [-0.25, -0.2) is 13.3 Å². The highest BCUT2D eigenvalue weighted by Crippen LogP contribution is 2.35. The van der Waals surface area contributed by atoms with Crippen LogP contribution >= 0.6 is 0 Å². The predicted molar refractivity (Wildman–Crippen MR) is 165 cm³/mol. The number of amidine groups is 1. The third-order valence-corrected chi connectivity index (χ3v) is 7.82. The van der Waals surface area contributed by atoms with Crippen LogP contribution < -0.4 is 9.62 Å². The van der Waals surface area contributed by atoms with Crippen molar-refractivity contribution < 1.29 is 23.1 Å². The fourth-order valence-corrected chi connectivity index (χ4v) is 5.67. The Kier molecular flexibility index (Phi) is 8.65. The van der Waals surface area contributed by atoms with Crippen LogP contribution in [0.5, 0.6) is 0 Å². The number of hydrogen-bond donors (Lipinski definition) is 2. The van der Waals surface area contributed by atoms with E-state index in [1.54, 1.807) is 49.4 Å². The number of para-hydroxylation sites is 1. The molecule has 0 aliphatic carbocycles. The van der Waals surface area contributed by atoms with Crippen LogP contribution in [0.1, 0.15) is 54.0 Å². The number of benzene rings is 3. The van der Waals surface area contributed by atoms with Gasteiger partial charge in [-0.15, -0.1) is 0 Å². The molecule has 2 heterocycles. The van der Waals surface area contributed by atoms with Gasteiger partial charge in [-0.3, -0.25) is 14.3 Å². The number of aryl methyl sites for hydroxylation is 1. The van der Waals surface area contributed by atoms with Crippen molar-refractivity contribution in [3.63, 3.8) is 0 Å². The maximum Gasteiger partial charge on any atom is 0.374 e. The molecule has 3 aromatic carbocycles. The van der Waals surface area contributed by atoms with Crippen LogP contribution in [-0.2, 0) is 33.8 Å². The summed E-state index contributed by atoms with van der Waals surface area (Å²) in [5.41, 5.74) is 5.22. The van der Waals surface area contributed by atoms with Crippen molar-refractivity contribution in [2.45, 2.75) is 39.8 Å². The first kappa shape index (κ1) is 29.0. The van der Waals surface area contributed by atoms with Crippen molar-refractivity contribution in [1.29, 1.82) is 0 Å². The summed E-state index contributed by atoms with van der Waals surface area (Å²) in [6.45, 7) is 6.63. The van der Waals surface area contributed by atoms with E-state index in [1.807, 2.05) is 43.3 Å². The first-order chi connectivity index (χ1) is 20.3. The molecule has 0 saturated heterocycles. The van der Waals surface area contributed by atoms with Crippen molar-refractivity contribution in [2.75, 3.05) is 16.2 Å². The van der Waals surface area contributed by atoms with Crippen LogP contribution in [0.15, 0.2) is 89.9 Å². The molecule has 42 heavy (non-hydrogen) atoms. The van der Waals surface area contributed by atoms with Gasteiger partial charge in [0.1, 0.15) is 5.82 Å². The molecule has 0 fully saturated rings. The Morgan fingerprint density at radius 1 is 1.02 bits per heavy atom. The number of nitrogens with one attached hydrogen (secondary N) is 1. The Hall–Kier alpha value is -4.54. The van der Waals surface area contributed by atoms with Crippen LogP contribution in [0, 0.1) is 0 Å². The quantitative estimate of drug-likeness (QED) is 0.184. The van der Waals surface area contributed by atoms with E-state index < -0.39 is 23.1 Å². The Labute approximate surface area is 247 Å². The summed E-state index contributed by atoms with van der Waals surface area (Å²) < 4.78 is 30.8. The molecule has 216 valence electrons. The monoisotopic (exact) mass is 584 g/mol. The number of rotatable bonds is 9. The van der Waals surface area contributed by atoms with Crippen LogP contribution in [0.25, 0.3) is 11.1 Å². The smallest absolute Gasteiger partial charge is 0.374 e. The fourth-order valence-electron chi connectivity index (χ4n) is 5.10. The van der Waals surface area contributed by atoms with Crippen molar-refractivity contribution in [1.82, 2.24) is 4.57 Å². The minimum absolute atomic E-state index is 0.190. The molecule has 4 aromatic rings. The zero-order valence-electron chi connectivity index (χ0n) is 23.6. The average molecular weight is 585 g/mol. The number of carbonyl (C=O) groups excluding carboxylic acids is 2. The molecule has 0 radical (unpaired) electrons. The predicted octanol–water partition coefficient (Wildman–Crippen LogP) is 6.00. The average Bonchev–Trinajstić information content (AvgIpc) is 3.36. The summed E-state index contributed by atoms with van der Waals surface area (Å²) in [6, 6.07) is 25.2. The number of hydrogen-bond acceptors (Lipinski definition) is 6. The molecular formula is C32H32N4O5S. The third-order valence-electron chi connectivity index (χ3n) is 7.14. The summed E-state index contributed by atoms with van der Waals surface area (Å²) >= 11 is -2.58. The van der Waals surface area contributed by atoms with E-state index in [0.717, 1.165) is 38.9 Å². The van der Waals surface area contributed by atoms with Gasteiger partial charge in [-0.1, -0.05) is 67.6 Å². The van der Waals surface area contributed by atoms with Gasteiger partial charge in [0, 0.05) is 28.9 Å². The van der Waals surface area contributed by atoms with E-state index in [1.165, 1.54) is 0 Å². The van der Waals surface area contributed by atoms with E-state index in [-0.39, 0.29) is 18.5 Å². The molecule has 5 rings (SSSR count). The Bertz CT molecular complexity index is 1660. The number of carbonyl (C=O) groups is 2. The van der Waals surface area contributed by atoms with Crippen LogP contribution in [0.2, 0.25) is 0 Å². The van der Waals surface area contributed by atoms with Crippen molar-refractivity contribution in [3.8, 4) is 11.1 Å². The minimum Gasteiger partial charge on any atom is -0.460 e. The lowest BCUT2D eigenvalue weighted by molar-refractivity contribution is -0.135. The Balaban J connectivity index is 1.44. The molecule has 2 atom stereocenters. The number of aromatic nitrogens is 1. The summed E-state index contributed by atoms with van der Waals surface area (Å²) in [4.78, 5) is 30.2. The number of aliphatic imine (C=N–C) groups is 1. The molecule has 1 amide bonds. The second-order valence-corrected chi connectivity index (χ2v) is 10.6. The minimum atomic E-state index is -2.58. The molecule has 10 heteroatoms. The molecule has 2 unspecified atom stereocenters. The van der Waals surface area contributed by atoms with E-state index in [4.69, 9.17) is 4.74 Å². The second-order valence-electron chi connectivity index (χ2n) is 9.79. The lowest BCUT2D eigenvalue weighted by Crippen LogP contribution is -2.32. The van der Waals surface area contributed by atoms with E-state index >= 15 is 0 Å². The second kappa shape index (κ2) is 12.5. The zero-order valence-corrected chi connectivity index (χ0v) is 24.4. The number of fused-ring (bicyclic) bond motifs is 1. The van der Waals surface area contributed by atoms with Gasteiger partial charge in [0.2, 0.25) is 5.84 Å². The summed E-state index contributed by atoms with van der Waals surface area (Å²) in [7, 11) is 0. The summed E-state index contributed by atoms with van der Waals surface area (Å²) in [5, 5.41) is 3.20. The molecule has 0 spiro atoms. The first-order valence-corrected chi connectivity index (χ1v) is 14.8. The van der Waals surface area contributed by atoms with Crippen molar-refractivity contribution in [2.24, 2.45) is 4.99 Å². The first-order valence-electron chi connectivity index (χ1n) is 13.7. The molecule has 0 saturated carbocycles. The van der Waals surface area contributed by atoms with E-state index in [2.05, 4.69) is 27.9 Å². The van der Waals surface area contributed by atoms with Gasteiger partial charge in [0.15, 0.2) is 0 Å². The molecule has 1 aliphatic rings. The molecule has 9 nitrogen and oxygen atoms in total. The maximum atomic E-state index is 13.2. The molecule has 1 aliphatic heterocycles. The largest absolute Gasteiger partial charge is 0.460 e. The van der Waals surface area contributed by atoms with Gasteiger partial charge in [-0.2, -0.15) is 0 Å². The highest BCUT2D eigenvalue weighted by molar-refractivity contribution is 7.81. The highest BCUT2D eigenvalue weighted by Gasteiger charge is 2.28. The van der Waals surface area contributed by atoms with Gasteiger partial charge >= 0.3 is 5.97 Å².